The van der Waals surface area contributed by atoms with Crippen molar-refractivity contribution in [2.75, 3.05) is 17.2 Å². The normalized spacial score (nSPS) is 13.4. The van der Waals surface area contributed by atoms with Crippen molar-refractivity contribution in [2.24, 2.45) is 0 Å². The predicted octanol–water partition coefficient (Wildman–Crippen LogP) is 3.81. The first kappa shape index (κ1) is 16.5. The zero-order valence-electron chi connectivity index (χ0n) is 13.2. The molecule has 24 heavy (non-hydrogen) atoms. The van der Waals surface area contributed by atoms with E-state index in [1.54, 1.807) is 12.1 Å². The minimum Gasteiger partial charge on any atom is -0.311 e. The van der Waals surface area contributed by atoms with E-state index in [1.165, 1.54) is 29.5 Å². The molecule has 1 aliphatic rings. The van der Waals surface area contributed by atoms with E-state index >= 15 is 0 Å². The highest BCUT2D eigenvalue weighted by atomic mass is 32.2. The summed E-state index contributed by atoms with van der Waals surface area (Å²) in [6, 6.07) is 14.5. The van der Waals surface area contributed by atoms with E-state index in [1.807, 2.05) is 23.1 Å². The number of nitro benzene ring substituents is 1. The van der Waals surface area contributed by atoms with Gasteiger partial charge in [0.2, 0.25) is 5.91 Å². The van der Waals surface area contributed by atoms with Gasteiger partial charge in [-0.3, -0.25) is 14.9 Å². The second-order valence-corrected chi connectivity index (χ2v) is 6.68. The van der Waals surface area contributed by atoms with Crippen LogP contribution in [0, 0.1) is 10.1 Å². The lowest BCUT2D eigenvalue weighted by Crippen LogP contribution is -2.36. The van der Waals surface area contributed by atoms with E-state index in [4.69, 9.17) is 0 Å². The first-order valence-corrected chi connectivity index (χ1v) is 9.00. The number of aryl methyl sites for hydroxylation is 1. The van der Waals surface area contributed by atoms with E-state index in [0.29, 0.717) is 11.5 Å². The Balaban J connectivity index is 1.56. The number of thioether (sulfide) groups is 1. The minimum atomic E-state index is -0.408. The summed E-state index contributed by atoms with van der Waals surface area (Å²) in [6.07, 6.45) is 2.02. The number of nitrogens with zero attached hydrogens (tertiary/aromatic N) is 2. The van der Waals surface area contributed by atoms with Gasteiger partial charge in [0.1, 0.15) is 0 Å². The number of hydrogen-bond acceptors (Lipinski definition) is 4. The van der Waals surface area contributed by atoms with E-state index in [-0.39, 0.29) is 11.6 Å². The summed E-state index contributed by atoms with van der Waals surface area (Å²) in [4.78, 5) is 24.6. The Kier molecular flexibility index (Phi) is 5.15. The average molecular weight is 342 g/mol. The molecule has 1 aliphatic heterocycles. The molecule has 1 amide bonds. The maximum Gasteiger partial charge on any atom is 0.269 e. The Labute approximate surface area is 144 Å². The molecule has 2 aromatic rings. The zero-order chi connectivity index (χ0) is 16.9. The Morgan fingerprint density at radius 2 is 1.92 bits per heavy atom. The molecule has 5 nitrogen and oxygen atoms in total. The number of para-hydroxylation sites is 1. The summed E-state index contributed by atoms with van der Waals surface area (Å²) in [6.45, 7) is 0.772. The fourth-order valence-corrected chi connectivity index (χ4v) is 3.70. The zero-order valence-corrected chi connectivity index (χ0v) is 14.0. The molecule has 0 N–H and O–H groups in total. The van der Waals surface area contributed by atoms with Crippen LogP contribution in [0.25, 0.3) is 0 Å². The van der Waals surface area contributed by atoms with Gasteiger partial charge in [0.15, 0.2) is 0 Å². The smallest absolute Gasteiger partial charge is 0.269 e. The number of carbonyl (C=O) groups is 1. The van der Waals surface area contributed by atoms with Crippen LogP contribution >= 0.6 is 11.8 Å². The van der Waals surface area contributed by atoms with Crippen LogP contribution in [0.2, 0.25) is 0 Å². The van der Waals surface area contributed by atoms with Crippen LogP contribution in [0.1, 0.15) is 17.5 Å². The summed E-state index contributed by atoms with van der Waals surface area (Å²) in [7, 11) is 0. The highest BCUT2D eigenvalue weighted by Gasteiger charge is 2.21. The highest BCUT2D eigenvalue weighted by Crippen LogP contribution is 2.27. The molecule has 0 fully saturated rings. The molecule has 0 bridgehead atoms. The summed E-state index contributed by atoms with van der Waals surface area (Å²) < 4.78 is 0. The Morgan fingerprint density at radius 1 is 1.17 bits per heavy atom. The van der Waals surface area contributed by atoms with E-state index in [2.05, 4.69) is 6.07 Å². The lowest BCUT2D eigenvalue weighted by molar-refractivity contribution is -0.384. The van der Waals surface area contributed by atoms with Gasteiger partial charge in [0, 0.05) is 30.1 Å². The maximum absolute atomic E-state index is 12.5. The monoisotopic (exact) mass is 342 g/mol. The van der Waals surface area contributed by atoms with Crippen molar-refractivity contribution in [3.63, 3.8) is 0 Å². The van der Waals surface area contributed by atoms with Crippen LogP contribution in [-0.4, -0.2) is 23.1 Å². The molecule has 0 saturated carbocycles. The van der Waals surface area contributed by atoms with Crippen molar-refractivity contribution in [3.05, 3.63) is 69.8 Å². The van der Waals surface area contributed by atoms with Crippen LogP contribution < -0.4 is 4.90 Å². The van der Waals surface area contributed by atoms with E-state index in [0.717, 1.165) is 30.6 Å². The quantitative estimate of drug-likeness (QED) is 0.612. The SMILES string of the molecule is O=C(CSCc1ccc([N+](=O)[O-])cc1)N1CCCc2ccccc21. The average Bonchev–Trinajstić information content (AvgIpc) is 2.61. The Morgan fingerprint density at radius 3 is 2.67 bits per heavy atom. The van der Waals surface area contributed by atoms with Gasteiger partial charge in [0.05, 0.1) is 10.7 Å². The number of non-ortho nitro benzene ring substituents is 1. The molecule has 0 saturated heterocycles. The topological polar surface area (TPSA) is 63.4 Å². The van der Waals surface area contributed by atoms with Crippen LogP contribution in [0.5, 0.6) is 0 Å². The van der Waals surface area contributed by atoms with Gasteiger partial charge in [0.25, 0.3) is 5.69 Å². The first-order valence-electron chi connectivity index (χ1n) is 7.84. The molecule has 0 radical (unpaired) electrons. The summed E-state index contributed by atoms with van der Waals surface area (Å²) >= 11 is 1.54. The van der Waals surface area contributed by atoms with Crippen molar-refractivity contribution in [2.45, 2.75) is 18.6 Å². The van der Waals surface area contributed by atoms with Crippen molar-refractivity contribution >= 4 is 29.0 Å². The molecule has 0 aliphatic carbocycles. The Bertz CT molecular complexity index is 746. The molecular formula is C18H18N2O3S. The third kappa shape index (κ3) is 3.76. The van der Waals surface area contributed by atoms with Crippen LogP contribution in [0.3, 0.4) is 0 Å². The first-order chi connectivity index (χ1) is 11.6. The van der Waals surface area contributed by atoms with Gasteiger partial charge in [-0.1, -0.05) is 30.3 Å². The number of nitro groups is 1. The fraction of sp³-hybridized carbons (Fsp3) is 0.278. The van der Waals surface area contributed by atoms with Crippen molar-refractivity contribution in [1.82, 2.24) is 0 Å². The number of anilines is 1. The molecular weight excluding hydrogens is 324 g/mol. The molecule has 0 aromatic heterocycles. The predicted molar refractivity (Wildman–Crippen MR) is 96.4 cm³/mol. The fourth-order valence-electron chi connectivity index (χ4n) is 2.84. The minimum absolute atomic E-state index is 0.0877. The van der Waals surface area contributed by atoms with Gasteiger partial charge in [-0.05, 0) is 30.0 Å². The van der Waals surface area contributed by atoms with E-state index in [9.17, 15) is 14.9 Å². The van der Waals surface area contributed by atoms with Crippen LogP contribution in [0.4, 0.5) is 11.4 Å². The van der Waals surface area contributed by atoms with E-state index < -0.39 is 4.92 Å². The number of carbonyl (C=O) groups excluding carboxylic acids is 1. The molecule has 2 aromatic carbocycles. The van der Waals surface area contributed by atoms with Crippen LogP contribution in [-0.2, 0) is 17.0 Å². The molecule has 6 heteroatoms. The summed E-state index contributed by atoms with van der Waals surface area (Å²) in [5.41, 5.74) is 3.34. The standard InChI is InChI=1S/C18H18N2O3S/c21-18(19-11-3-5-15-4-1-2-6-17(15)19)13-24-12-14-7-9-16(10-8-14)20(22)23/h1-2,4,6-10H,3,5,11-13H2. The third-order valence-electron chi connectivity index (χ3n) is 4.05. The maximum atomic E-state index is 12.5. The second-order valence-electron chi connectivity index (χ2n) is 5.69. The summed E-state index contributed by atoms with van der Waals surface area (Å²) in [5.74, 6) is 1.19. The van der Waals surface area contributed by atoms with Crippen LogP contribution in [0.15, 0.2) is 48.5 Å². The van der Waals surface area contributed by atoms with Gasteiger partial charge < -0.3 is 4.90 Å². The molecule has 0 unspecified atom stereocenters. The lowest BCUT2D eigenvalue weighted by atomic mass is 10.0. The molecule has 0 spiro atoms. The number of hydrogen-bond donors (Lipinski definition) is 0. The number of rotatable bonds is 5. The largest absolute Gasteiger partial charge is 0.311 e. The van der Waals surface area contributed by atoms with Gasteiger partial charge in [-0.2, -0.15) is 0 Å². The number of fused-ring (bicyclic) bond motifs is 1. The van der Waals surface area contributed by atoms with Gasteiger partial charge in [-0.25, -0.2) is 0 Å². The molecule has 1 heterocycles. The highest BCUT2D eigenvalue weighted by molar-refractivity contribution is 7.99. The summed E-state index contributed by atoms with van der Waals surface area (Å²) in [5, 5.41) is 10.6. The molecule has 124 valence electrons. The Hall–Kier alpha value is -2.34. The number of benzene rings is 2. The van der Waals surface area contributed by atoms with Crippen molar-refractivity contribution < 1.29 is 9.72 Å². The number of amides is 1. The molecule has 3 rings (SSSR count). The van der Waals surface area contributed by atoms with Gasteiger partial charge >= 0.3 is 0 Å². The second kappa shape index (κ2) is 7.49. The lowest BCUT2D eigenvalue weighted by Gasteiger charge is -2.29. The van der Waals surface area contributed by atoms with Crippen molar-refractivity contribution in [1.29, 1.82) is 0 Å². The third-order valence-corrected chi connectivity index (χ3v) is 5.04. The molecule has 0 atom stereocenters. The van der Waals surface area contributed by atoms with Crippen molar-refractivity contribution in [3.8, 4) is 0 Å². The van der Waals surface area contributed by atoms with Gasteiger partial charge in [-0.15, -0.1) is 11.8 Å².